The lowest BCUT2D eigenvalue weighted by Crippen LogP contribution is -2.43. The van der Waals surface area contributed by atoms with Gasteiger partial charge < -0.3 is 15.1 Å². The van der Waals surface area contributed by atoms with E-state index in [1.165, 1.54) is 17.3 Å². The van der Waals surface area contributed by atoms with Crippen LogP contribution in [0.5, 0.6) is 0 Å². The average molecular weight is 533 g/mol. The first-order valence-electron chi connectivity index (χ1n) is 13.2. The predicted octanol–water partition coefficient (Wildman–Crippen LogP) is 6.27. The monoisotopic (exact) mass is 532 g/mol. The number of nitro groups is 1. The van der Waals surface area contributed by atoms with Crippen LogP contribution < -0.4 is 10.2 Å². The molecule has 1 heterocycles. The maximum atomic E-state index is 13.3. The summed E-state index contributed by atoms with van der Waals surface area (Å²) in [5, 5.41) is 14.1. The highest BCUT2D eigenvalue weighted by atomic mass is 19.4. The molecule has 0 atom stereocenters. The molecule has 0 aromatic heterocycles. The zero-order chi connectivity index (χ0) is 27.4. The van der Waals surface area contributed by atoms with E-state index in [1.807, 2.05) is 11.9 Å². The predicted molar refractivity (Wildman–Crippen MR) is 141 cm³/mol. The van der Waals surface area contributed by atoms with E-state index in [0.717, 1.165) is 63.7 Å². The van der Waals surface area contributed by atoms with Crippen molar-refractivity contribution in [2.45, 2.75) is 57.7 Å². The Morgan fingerprint density at radius 2 is 1.68 bits per heavy atom. The summed E-state index contributed by atoms with van der Waals surface area (Å²) in [6.45, 7) is 4.48. The highest BCUT2D eigenvalue weighted by Crippen LogP contribution is 2.38. The molecule has 1 saturated heterocycles. The first-order valence-corrected chi connectivity index (χ1v) is 13.2. The van der Waals surface area contributed by atoms with E-state index in [0.29, 0.717) is 12.5 Å². The second-order valence-electron chi connectivity index (χ2n) is 10.7. The van der Waals surface area contributed by atoms with Crippen molar-refractivity contribution in [1.82, 2.24) is 4.90 Å². The number of anilines is 2. The molecule has 1 aliphatic heterocycles. The zero-order valence-corrected chi connectivity index (χ0v) is 21.8. The molecule has 1 saturated carbocycles. The van der Waals surface area contributed by atoms with Gasteiger partial charge in [-0.1, -0.05) is 17.7 Å². The second kappa shape index (κ2) is 11.6. The summed E-state index contributed by atoms with van der Waals surface area (Å²) >= 11 is 0. The van der Waals surface area contributed by atoms with Gasteiger partial charge >= 0.3 is 6.18 Å². The van der Waals surface area contributed by atoms with E-state index in [9.17, 15) is 28.1 Å². The molecule has 1 aliphatic carbocycles. The fourth-order valence-corrected chi connectivity index (χ4v) is 5.67. The molecular formula is C28H35F3N4O3. The number of benzene rings is 2. The fraction of sp³-hybridized carbons (Fsp3) is 0.536. The maximum Gasteiger partial charge on any atom is 0.423 e. The Morgan fingerprint density at radius 1 is 1.05 bits per heavy atom. The molecule has 2 aromatic carbocycles. The van der Waals surface area contributed by atoms with Gasteiger partial charge in [0.15, 0.2) is 0 Å². The third-order valence-corrected chi connectivity index (χ3v) is 7.87. The summed E-state index contributed by atoms with van der Waals surface area (Å²) in [4.78, 5) is 27.3. The Balaban J connectivity index is 1.23. The molecule has 2 aliphatic rings. The largest absolute Gasteiger partial charge is 0.423 e. The lowest BCUT2D eigenvalue weighted by molar-refractivity contribution is -0.388. The Hall–Kier alpha value is -3.30. The van der Waals surface area contributed by atoms with Crippen LogP contribution in [0.2, 0.25) is 0 Å². The normalized spacial score (nSPS) is 20.7. The van der Waals surface area contributed by atoms with Crippen molar-refractivity contribution in [1.29, 1.82) is 0 Å². The molecule has 2 fully saturated rings. The van der Waals surface area contributed by atoms with E-state index in [4.69, 9.17) is 0 Å². The minimum atomic E-state index is -4.80. The van der Waals surface area contributed by atoms with Gasteiger partial charge in [0.25, 0.3) is 5.69 Å². The number of hydrogen-bond acceptors (Lipinski definition) is 5. The van der Waals surface area contributed by atoms with Crippen molar-refractivity contribution in [3.63, 3.8) is 0 Å². The van der Waals surface area contributed by atoms with Crippen LogP contribution in [0, 0.1) is 28.9 Å². The summed E-state index contributed by atoms with van der Waals surface area (Å²) in [5.74, 6) is 0.571. The molecule has 4 rings (SSSR count). The lowest BCUT2D eigenvalue weighted by Gasteiger charge is -2.36. The first-order chi connectivity index (χ1) is 18.0. The number of piperidine rings is 1. The van der Waals surface area contributed by atoms with Crippen LogP contribution in [0.3, 0.4) is 0 Å². The van der Waals surface area contributed by atoms with Crippen molar-refractivity contribution < 1.29 is 22.9 Å². The van der Waals surface area contributed by atoms with Gasteiger partial charge in [-0.25, -0.2) is 0 Å². The van der Waals surface area contributed by atoms with E-state index < -0.39 is 22.4 Å². The Labute approximate surface area is 221 Å². The van der Waals surface area contributed by atoms with Crippen LogP contribution in [0.15, 0.2) is 42.5 Å². The molecule has 38 heavy (non-hydrogen) atoms. The highest BCUT2D eigenvalue weighted by Gasteiger charge is 2.38. The van der Waals surface area contributed by atoms with Crippen LogP contribution in [-0.2, 0) is 11.0 Å². The molecule has 0 spiro atoms. The Morgan fingerprint density at radius 3 is 2.26 bits per heavy atom. The number of aryl methyl sites for hydroxylation is 1. The molecule has 0 unspecified atom stereocenters. The van der Waals surface area contributed by atoms with E-state index in [2.05, 4.69) is 41.4 Å². The van der Waals surface area contributed by atoms with Gasteiger partial charge in [0.05, 0.1) is 4.92 Å². The minimum absolute atomic E-state index is 0.0131. The third kappa shape index (κ3) is 6.76. The van der Waals surface area contributed by atoms with Gasteiger partial charge in [0, 0.05) is 56.1 Å². The summed E-state index contributed by atoms with van der Waals surface area (Å²) in [6.07, 6.45) is 0.123. The van der Waals surface area contributed by atoms with Crippen molar-refractivity contribution in [2.75, 3.05) is 36.9 Å². The Kier molecular flexibility index (Phi) is 8.47. The van der Waals surface area contributed by atoms with Crippen molar-refractivity contribution in [3.05, 3.63) is 63.7 Å². The summed E-state index contributed by atoms with van der Waals surface area (Å²) in [5.41, 5.74) is 0.470. The molecule has 0 bridgehead atoms. The van der Waals surface area contributed by atoms with Crippen molar-refractivity contribution >= 4 is 23.0 Å². The SMILES string of the molecule is Cc1ccc(N2CCC(C(=O)N(C)CC3CCC(Nc4ccc([N+](=O)[O-])c(C(F)(F)F)c4)CC3)CC2)cc1. The molecule has 10 heteroatoms. The summed E-state index contributed by atoms with van der Waals surface area (Å²) in [6, 6.07) is 11.5. The van der Waals surface area contributed by atoms with Gasteiger partial charge in [0.1, 0.15) is 5.56 Å². The molecule has 0 radical (unpaired) electrons. The Bertz CT molecular complexity index is 1120. The maximum absolute atomic E-state index is 13.3. The molecular weight excluding hydrogens is 497 g/mol. The number of nitrogens with one attached hydrogen (secondary N) is 1. The van der Waals surface area contributed by atoms with Crippen LogP contribution >= 0.6 is 0 Å². The van der Waals surface area contributed by atoms with Crippen LogP contribution in [0.1, 0.15) is 49.7 Å². The average Bonchev–Trinajstić information content (AvgIpc) is 2.89. The van der Waals surface area contributed by atoms with Gasteiger partial charge in [-0.05, 0) is 75.6 Å². The molecule has 1 amide bonds. The third-order valence-electron chi connectivity index (χ3n) is 7.87. The zero-order valence-electron chi connectivity index (χ0n) is 21.8. The number of rotatable bonds is 7. The smallest absolute Gasteiger partial charge is 0.382 e. The topological polar surface area (TPSA) is 78.7 Å². The number of nitrogens with zero attached hydrogens (tertiary/aromatic N) is 3. The van der Waals surface area contributed by atoms with Gasteiger partial charge in [-0.15, -0.1) is 0 Å². The van der Waals surface area contributed by atoms with Crippen molar-refractivity contribution in [3.8, 4) is 0 Å². The lowest BCUT2D eigenvalue weighted by atomic mass is 9.85. The summed E-state index contributed by atoms with van der Waals surface area (Å²) < 4.78 is 39.8. The van der Waals surface area contributed by atoms with Gasteiger partial charge in [-0.3, -0.25) is 14.9 Å². The number of carbonyl (C=O) groups is 1. The number of alkyl halides is 3. The number of amides is 1. The van der Waals surface area contributed by atoms with Gasteiger partial charge in [0.2, 0.25) is 5.91 Å². The highest BCUT2D eigenvalue weighted by molar-refractivity contribution is 5.79. The first kappa shape index (κ1) is 27.7. The van der Waals surface area contributed by atoms with Crippen LogP contribution in [0.25, 0.3) is 0 Å². The molecule has 1 N–H and O–H groups in total. The van der Waals surface area contributed by atoms with E-state index in [1.54, 1.807) is 0 Å². The van der Waals surface area contributed by atoms with Gasteiger partial charge in [-0.2, -0.15) is 13.2 Å². The molecule has 206 valence electrons. The standard InChI is InChI=1S/C28H35F3N4O3/c1-19-3-10-24(11-4-19)34-15-13-21(14-16-34)27(36)33(2)18-20-5-7-22(8-6-20)32-23-9-12-26(35(37)38)25(17-23)28(29,30)31/h3-4,9-12,17,20-22,32H,5-8,13-16,18H2,1-2H3. The molecule has 2 aromatic rings. The number of hydrogen-bond donors (Lipinski definition) is 1. The van der Waals surface area contributed by atoms with Crippen LogP contribution in [0.4, 0.5) is 30.2 Å². The van der Waals surface area contributed by atoms with Crippen LogP contribution in [-0.4, -0.2) is 48.5 Å². The van der Waals surface area contributed by atoms with Crippen molar-refractivity contribution in [2.24, 2.45) is 11.8 Å². The number of nitro benzene ring substituents is 1. The van der Waals surface area contributed by atoms with E-state index >= 15 is 0 Å². The minimum Gasteiger partial charge on any atom is -0.382 e. The van der Waals surface area contributed by atoms with E-state index in [-0.39, 0.29) is 23.6 Å². The second-order valence-corrected chi connectivity index (χ2v) is 10.7. The molecule has 7 nitrogen and oxygen atoms in total. The quantitative estimate of drug-likeness (QED) is 0.336. The number of halogens is 3. The fourth-order valence-electron chi connectivity index (χ4n) is 5.67. The summed E-state index contributed by atoms with van der Waals surface area (Å²) in [7, 11) is 1.87. The number of carbonyl (C=O) groups excluding carboxylic acids is 1.